The zero-order chi connectivity index (χ0) is 101. The van der Waals surface area contributed by atoms with Gasteiger partial charge in [-0.25, -0.2) is 63.9 Å². The molecule has 0 saturated carbocycles. The lowest BCUT2D eigenvalue weighted by Gasteiger charge is -2.35. The molecule has 0 aliphatic heterocycles. The lowest BCUT2D eigenvalue weighted by atomic mass is 10.3. The van der Waals surface area contributed by atoms with Crippen LogP contribution in [0.3, 0.4) is 0 Å². The molecule has 0 aromatic carbocycles. The fourth-order valence-electron chi connectivity index (χ4n) is 14.1. The molecule has 0 spiro atoms. The Morgan fingerprint density at radius 2 is 0.305 bits per heavy atom. The number of carboxylic acids is 4. The summed E-state index contributed by atoms with van der Waals surface area (Å²) in [5, 5.41) is 61.0. The third-order valence-corrected chi connectivity index (χ3v) is 56.6. The van der Waals surface area contributed by atoms with Crippen molar-refractivity contribution in [2.45, 2.75) is 367 Å². The molecule has 0 amide bonds. The third-order valence-electron chi connectivity index (χ3n) is 16.1. The zero-order valence-corrected chi connectivity index (χ0v) is 101. The molecule has 47 heteroatoms. The molecule has 7 aromatic heterocycles. The number of carboxylic acid groups (broad SMARTS) is 4. The van der Waals surface area contributed by atoms with Gasteiger partial charge in [0, 0.05) is 0 Å². The minimum atomic E-state index is -2.92. The summed E-state index contributed by atoms with van der Waals surface area (Å²) < 4.78 is 75.4. The molecule has 0 saturated heterocycles. The molecule has 0 N–H and O–H groups in total. The van der Waals surface area contributed by atoms with Crippen molar-refractivity contribution in [3.63, 3.8) is 0 Å². The van der Waals surface area contributed by atoms with Crippen molar-refractivity contribution in [1.29, 1.82) is 0 Å². The molecule has 7 heterocycles. The van der Waals surface area contributed by atoms with Gasteiger partial charge in [-0.3, -0.25) is 7.32 Å². The number of nitrogens with zero attached hydrogens (tertiary/aromatic N) is 14. The minimum Gasteiger partial charge on any atom is -0.907 e. The summed E-state index contributed by atoms with van der Waals surface area (Å²) in [5.41, 5.74) is 0. The van der Waals surface area contributed by atoms with Gasteiger partial charge in [0.2, 0.25) is 103 Å². The topological polar surface area (TPSA) is 356 Å². The van der Waals surface area contributed by atoms with Gasteiger partial charge in [-0.15, -0.1) is 0 Å². The molecule has 32 nitrogen and oxygen atoms in total. The smallest absolute Gasteiger partial charge is 0.243 e. The first-order valence-corrected chi connectivity index (χ1v) is 90.3. The Labute approximate surface area is 787 Å². The fraction of sp³-hybridized carbons (Fsp3) is 0.691. The van der Waals surface area contributed by atoms with Crippen LogP contribution in [0, 0.1) is 0 Å². The average molecular weight is 2040 g/mol. The van der Waals surface area contributed by atoms with Gasteiger partial charge in [0.15, 0.2) is 58.2 Å². The van der Waals surface area contributed by atoms with E-state index in [-0.39, 0.29) is 0 Å². The van der Waals surface area contributed by atoms with Crippen molar-refractivity contribution in [1.82, 2.24) is 32.0 Å². The van der Waals surface area contributed by atoms with Crippen LogP contribution < -0.4 is 67.5 Å². The second kappa shape index (κ2) is 56.4. The van der Waals surface area contributed by atoms with Crippen LogP contribution in [-0.2, 0) is 137 Å². The Bertz CT molecular complexity index is 3550. The van der Waals surface area contributed by atoms with Crippen LogP contribution in [0.5, 0.6) is 0 Å². The zero-order valence-electron chi connectivity index (χ0n) is 87.2. The van der Waals surface area contributed by atoms with E-state index in [1.165, 1.54) is 0 Å². The van der Waals surface area contributed by atoms with Crippen LogP contribution >= 0.6 is 0 Å². The number of carbonyl (C=O) groups excluding carboxylic acids is 4. The van der Waals surface area contributed by atoms with Gasteiger partial charge in [-0.2, -0.15) is 0 Å². The highest BCUT2D eigenvalue weighted by molar-refractivity contribution is 6.87. The maximum absolute atomic E-state index is 8.93. The molecule has 0 fully saturated rings. The highest BCUT2D eigenvalue weighted by Gasteiger charge is 2.39. The van der Waals surface area contributed by atoms with Crippen LogP contribution in [0.15, 0.2) is 131 Å². The van der Waals surface area contributed by atoms with E-state index in [4.69, 9.17) is 83.5 Å². The van der Waals surface area contributed by atoms with Gasteiger partial charge in [-0.05, 0) is 278 Å². The largest absolute Gasteiger partial charge is 0.907 e. The maximum Gasteiger partial charge on any atom is 0.243 e. The number of rotatable bonds is 35. The molecular weight excluding hydrogens is 1860 g/mol. The summed E-state index contributed by atoms with van der Waals surface area (Å²) in [6, 6.07) is 0. The Morgan fingerprint density at radius 1 is 0.219 bits per heavy atom. The lowest BCUT2D eigenvalue weighted by Crippen LogP contribution is -2.56. The van der Waals surface area contributed by atoms with Crippen LogP contribution in [0.25, 0.3) is 0 Å². The van der Waals surface area contributed by atoms with Gasteiger partial charge < -0.3 is 83.5 Å². The van der Waals surface area contributed by atoms with Gasteiger partial charge in [0.1, 0.15) is 130 Å². The van der Waals surface area contributed by atoms with Gasteiger partial charge in [-0.1, -0.05) is 0 Å². The molecule has 7 rings (SSSR count). The molecule has 0 aliphatic carbocycles. The Kier molecular flexibility index (Phi) is 56.1. The highest BCUT2D eigenvalue weighted by Crippen LogP contribution is 2.20. The summed E-state index contributed by atoms with van der Waals surface area (Å²) in [6.45, 7) is 102. The minimum absolute atomic E-state index is 1.03. The van der Waals surface area contributed by atoms with E-state index in [0.29, 0.717) is 0 Å². The van der Waals surface area contributed by atoms with Crippen molar-refractivity contribution in [2.24, 2.45) is 0 Å². The molecule has 736 valence electrons. The fourth-order valence-corrected chi connectivity index (χ4v) is 69.8. The highest BCUT2D eigenvalue weighted by atomic mass is 28.5. The third kappa shape index (κ3) is 70.7. The molecule has 0 aliphatic rings. The number of aliphatic carboxylic acids is 4. The van der Waals surface area contributed by atoms with E-state index in [9.17, 15) is 0 Å². The van der Waals surface area contributed by atoms with E-state index in [0.717, 1.165) is 89.0 Å². The molecule has 0 bridgehead atoms. The van der Waals surface area contributed by atoms with Crippen molar-refractivity contribution < 1.29 is 115 Å². The Morgan fingerprint density at radius 3 is 0.359 bits per heavy atom. The number of aryl methyl sites for hydroxylation is 7. The summed E-state index contributed by atoms with van der Waals surface area (Å²) in [4.78, 5) is 35.7. The standard InChI is InChI=1S/7C11H25N2OSi2.2C2H2O4.BO3/c7*1-7-12-8-9-13(10-12)11-16(5,6)14-15(2,3)4;2*3-1(4)2(5)6;2-1(3)4/h7*8-10H,7,11H2,1-6H3;2*(H,3,4)(H,5,6);/q7*+1;;;-3/p-4. The first-order valence-electron chi connectivity index (χ1n) is 44.6. The quantitative estimate of drug-likeness (QED) is 0.0259. The van der Waals surface area contributed by atoms with Crippen LogP contribution in [0.1, 0.15) is 48.5 Å². The van der Waals surface area contributed by atoms with Crippen molar-refractivity contribution in [2.75, 3.05) is 0 Å². The lowest BCUT2D eigenvalue weighted by molar-refractivity contribution is -0.681. The summed E-state index contributed by atoms with van der Waals surface area (Å²) >= 11 is 0. The summed E-state index contributed by atoms with van der Waals surface area (Å²) in [5.74, 6) is -8.74. The molecule has 0 atom stereocenters. The van der Waals surface area contributed by atoms with Crippen LogP contribution in [-0.4, -0.2) is 180 Å². The van der Waals surface area contributed by atoms with Gasteiger partial charge >= 0.3 is 0 Å². The SMILES string of the molecule is CCn1cc[n+](C[Si](C)(C)O[Si](C)(C)C)c1.CCn1cc[n+](C[Si](C)(C)O[Si](C)(C)C)c1.CCn1cc[n+](C[Si](C)(C)O[Si](C)(C)C)c1.CCn1cc[n+](C[Si](C)(C)O[Si](C)(C)C)c1.CCn1cc[n+](C[Si](C)(C)O[Si](C)(C)C)c1.CCn1cc[n+](C[Si](C)(C)O[Si](C)(C)C)c1.CCn1cc[n+](C[Si](C)(C)O[Si](C)(C)C)c1.O=C([O-])C(=O)[O-].O=C([O-])C(=O)[O-].[O-]B([O-])[O-]. The number of hydrogen-bond donors (Lipinski definition) is 0. The summed E-state index contributed by atoms with van der Waals surface area (Å²) in [6.07, 6.45) is 52.4. The monoisotopic (exact) mass is 2040 g/mol. The number of hydrogen-bond acceptors (Lipinski definition) is 18. The number of carbonyl (C=O) groups is 4. The Balaban J connectivity index is -0.00000138. The molecule has 7 aromatic rings. The molecular formula is C81H175BN14O18Si14. The van der Waals surface area contributed by atoms with E-state index >= 15 is 0 Å². The first-order chi connectivity index (χ1) is 57.5. The van der Waals surface area contributed by atoms with Crippen molar-refractivity contribution in [3.05, 3.63) is 131 Å². The maximum atomic E-state index is 8.93. The van der Waals surface area contributed by atoms with Gasteiger partial charge in [0.25, 0.3) is 0 Å². The van der Waals surface area contributed by atoms with E-state index < -0.39 is 148 Å². The Hall–Kier alpha value is -4.95. The second-order valence-electron chi connectivity index (χ2n) is 42.7. The van der Waals surface area contributed by atoms with E-state index in [1.54, 1.807) is 0 Å². The predicted octanol–water partition coefficient (Wildman–Crippen LogP) is 5.76. The number of aromatic nitrogens is 14. The van der Waals surface area contributed by atoms with Crippen LogP contribution in [0.2, 0.25) is 229 Å². The predicted molar refractivity (Wildman–Crippen MR) is 531 cm³/mol. The molecule has 0 radical (unpaired) electrons. The van der Waals surface area contributed by atoms with Crippen molar-refractivity contribution >= 4 is 148 Å². The second-order valence-corrected chi connectivity index (χ2v) is 105. The molecule has 0 unspecified atom stereocenters. The first kappa shape index (κ1) is 127. The van der Waals surface area contributed by atoms with Gasteiger partial charge in [0.05, 0.1) is 69.7 Å². The normalized spacial score (nSPS) is 12.4. The molecule has 128 heavy (non-hydrogen) atoms. The average Bonchev–Trinajstić information content (AvgIpc) is 1.64. The summed E-state index contributed by atoms with van der Waals surface area (Å²) in [7, 11) is -23.7. The van der Waals surface area contributed by atoms with Crippen molar-refractivity contribution in [3.8, 4) is 0 Å². The van der Waals surface area contributed by atoms with E-state index in [1.807, 2.05) is 0 Å². The van der Waals surface area contributed by atoms with Crippen LogP contribution in [0.4, 0.5) is 0 Å². The van der Waals surface area contributed by atoms with E-state index in [2.05, 4.69) is 473 Å². The number of imidazole rings is 7.